The summed E-state index contributed by atoms with van der Waals surface area (Å²) in [6.07, 6.45) is 0.0877. The van der Waals surface area contributed by atoms with Gasteiger partial charge in [0.05, 0.1) is 17.8 Å². The number of hydrogen-bond acceptors (Lipinski definition) is 3. The van der Waals surface area contributed by atoms with Crippen LogP contribution in [0.5, 0.6) is 0 Å². The van der Waals surface area contributed by atoms with Crippen LogP contribution >= 0.6 is 22.9 Å². The minimum absolute atomic E-state index is 0.0877. The molecule has 0 bridgehead atoms. The fourth-order valence-corrected chi connectivity index (χ4v) is 3.15. The van der Waals surface area contributed by atoms with Gasteiger partial charge in [-0.2, -0.15) is 0 Å². The Labute approximate surface area is 148 Å². The Morgan fingerprint density at radius 1 is 1.25 bits per heavy atom. The summed E-state index contributed by atoms with van der Waals surface area (Å²) in [7, 11) is 0. The van der Waals surface area contributed by atoms with Crippen LogP contribution in [0, 0.1) is 12.7 Å². The summed E-state index contributed by atoms with van der Waals surface area (Å²) < 4.78 is 13.7. The fraction of sp³-hybridized carbons (Fsp3) is 0.111. The quantitative estimate of drug-likeness (QED) is 0.704. The lowest BCUT2D eigenvalue weighted by molar-refractivity contribution is -0.115. The van der Waals surface area contributed by atoms with E-state index in [1.165, 1.54) is 29.0 Å². The number of halogens is 2. The summed E-state index contributed by atoms with van der Waals surface area (Å²) in [5.41, 5.74) is 2.96. The van der Waals surface area contributed by atoms with Gasteiger partial charge in [-0.15, -0.1) is 11.3 Å². The first-order valence-electron chi connectivity index (χ1n) is 7.27. The third kappa shape index (κ3) is 3.99. The van der Waals surface area contributed by atoms with Gasteiger partial charge in [-0.1, -0.05) is 41.4 Å². The number of nitrogens with one attached hydrogen (secondary N) is 1. The highest BCUT2D eigenvalue weighted by Crippen LogP contribution is 2.24. The predicted molar refractivity (Wildman–Crippen MR) is 96.0 cm³/mol. The van der Waals surface area contributed by atoms with Crippen LogP contribution in [0.1, 0.15) is 11.3 Å². The first kappa shape index (κ1) is 16.6. The van der Waals surface area contributed by atoms with Crippen molar-refractivity contribution in [2.45, 2.75) is 13.3 Å². The molecular formula is C18H14ClFN2OS. The Kier molecular flexibility index (Phi) is 4.92. The van der Waals surface area contributed by atoms with Gasteiger partial charge >= 0.3 is 0 Å². The Bertz CT molecular complexity index is 877. The molecular weight excluding hydrogens is 347 g/mol. The molecule has 6 heteroatoms. The highest BCUT2D eigenvalue weighted by atomic mass is 35.5. The summed E-state index contributed by atoms with van der Waals surface area (Å²) in [6.45, 7) is 2.03. The van der Waals surface area contributed by atoms with Gasteiger partial charge in [-0.3, -0.25) is 4.79 Å². The number of rotatable bonds is 4. The molecule has 2 aromatic carbocycles. The van der Waals surface area contributed by atoms with E-state index in [1.54, 1.807) is 0 Å². The second-order valence-electron chi connectivity index (χ2n) is 5.36. The molecule has 0 aliphatic carbocycles. The minimum Gasteiger partial charge on any atom is -0.323 e. The molecule has 3 nitrogen and oxygen atoms in total. The van der Waals surface area contributed by atoms with Gasteiger partial charge in [-0.25, -0.2) is 9.37 Å². The number of thiazole rings is 1. The van der Waals surface area contributed by atoms with Gasteiger partial charge < -0.3 is 5.32 Å². The lowest BCUT2D eigenvalue weighted by Crippen LogP contribution is -2.15. The summed E-state index contributed by atoms with van der Waals surface area (Å²) >= 11 is 7.17. The van der Waals surface area contributed by atoms with Gasteiger partial charge in [0.15, 0.2) is 0 Å². The van der Waals surface area contributed by atoms with Crippen molar-refractivity contribution in [2.24, 2.45) is 0 Å². The van der Waals surface area contributed by atoms with E-state index in [0.717, 1.165) is 16.6 Å². The predicted octanol–water partition coefficient (Wildman–Crippen LogP) is 5.09. The molecule has 0 aliphatic rings. The van der Waals surface area contributed by atoms with E-state index in [1.807, 2.05) is 36.6 Å². The van der Waals surface area contributed by atoms with Crippen molar-refractivity contribution in [3.8, 4) is 10.6 Å². The first-order chi connectivity index (χ1) is 11.5. The number of nitrogens with zero attached hydrogens (tertiary/aromatic N) is 1. The Morgan fingerprint density at radius 3 is 2.71 bits per heavy atom. The number of aromatic nitrogens is 1. The molecule has 24 heavy (non-hydrogen) atoms. The lowest BCUT2D eigenvalue weighted by atomic mass is 10.2. The van der Waals surface area contributed by atoms with Crippen LogP contribution in [0.2, 0.25) is 5.02 Å². The molecule has 3 aromatic rings. The number of aryl methyl sites for hydroxylation is 1. The third-order valence-electron chi connectivity index (χ3n) is 3.40. The fourth-order valence-electron chi connectivity index (χ4n) is 2.17. The topological polar surface area (TPSA) is 42.0 Å². The molecule has 0 radical (unpaired) electrons. The molecule has 1 aromatic heterocycles. The van der Waals surface area contributed by atoms with Gasteiger partial charge in [0, 0.05) is 16.0 Å². The van der Waals surface area contributed by atoms with Crippen LogP contribution in [-0.2, 0) is 11.2 Å². The molecule has 0 aliphatic heterocycles. The van der Waals surface area contributed by atoms with Crippen molar-refractivity contribution in [1.82, 2.24) is 4.98 Å². The summed E-state index contributed by atoms with van der Waals surface area (Å²) in [5, 5.41) is 5.52. The lowest BCUT2D eigenvalue weighted by Gasteiger charge is -2.05. The molecule has 0 atom stereocenters. The largest absolute Gasteiger partial charge is 0.323 e. The normalized spacial score (nSPS) is 10.6. The molecule has 1 heterocycles. The second-order valence-corrected chi connectivity index (χ2v) is 6.65. The Balaban J connectivity index is 1.68. The number of benzene rings is 2. The maximum atomic E-state index is 13.7. The molecule has 0 fully saturated rings. The molecule has 1 N–H and O–H groups in total. The molecule has 0 unspecified atom stereocenters. The average molecular weight is 361 g/mol. The van der Waals surface area contributed by atoms with Gasteiger partial charge in [0.1, 0.15) is 10.8 Å². The number of amides is 1. The van der Waals surface area contributed by atoms with Crippen LogP contribution in [0.3, 0.4) is 0 Å². The zero-order chi connectivity index (χ0) is 17.1. The minimum atomic E-state index is -0.561. The SMILES string of the molecule is Cc1ccc(-c2nc(CC(=O)Nc3ccc(Cl)cc3F)cs2)cc1. The van der Waals surface area contributed by atoms with Crippen LogP contribution in [-0.4, -0.2) is 10.9 Å². The number of carbonyl (C=O) groups is 1. The Hall–Kier alpha value is -2.24. The van der Waals surface area contributed by atoms with Gasteiger partial charge in [-0.05, 0) is 25.1 Å². The Morgan fingerprint density at radius 2 is 2.00 bits per heavy atom. The maximum absolute atomic E-state index is 13.7. The van der Waals surface area contributed by atoms with Crippen molar-refractivity contribution in [3.63, 3.8) is 0 Å². The molecule has 0 saturated carbocycles. The highest BCUT2D eigenvalue weighted by Gasteiger charge is 2.11. The van der Waals surface area contributed by atoms with Gasteiger partial charge in [0.2, 0.25) is 5.91 Å². The van der Waals surface area contributed by atoms with Crippen LogP contribution < -0.4 is 5.32 Å². The summed E-state index contributed by atoms with van der Waals surface area (Å²) in [5.74, 6) is -0.883. The van der Waals surface area contributed by atoms with E-state index in [-0.39, 0.29) is 23.0 Å². The zero-order valence-corrected chi connectivity index (χ0v) is 14.4. The van der Waals surface area contributed by atoms with Crippen molar-refractivity contribution in [3.05, 3.63) is 69.9 Å². The van der Waals surface area contributed by atoms with Gasteiger partial charge in [0.25, 0.3) is 0 Å². The molecule has 3 rings (SSSR count). The summed E-state index contributed by atoms with van der Waals surface area (Å²) in [6, 6.07) is 12.2. The van der Waals surface area contributed by atoms with Crippen molar-refractivity contribution in [1.29, 1.82) is 0 Å². The van der Waals surface area contributed by atoms with E-state index < -0.39 is 5.82 Å². The third-order valence-corrected chi connectivity index (χ3v) is 4.57. The zero-order valence-electron chi connectivity index (χ0n) is 12.8. The van der Waals surface area contributed by atoms with Crippen LogP contribution in [0.15, 0.2) is 47.8 Å². The number of carbonyl (C=O) groups excluding carboxylic acids is 1. The van der Waals surface area contributed by atoms with E-state index in [0.29, 0.717) is 5.69 Å². The summed E-state index contributed by atoms with van der Waals surface area (Å²) in [4.78, 5) is 16.5. The maximum Gasteiger partial charge on any atom is 0.230 e. The molecule has 0 saturated heterocycles. The molecule has 1 amide bonds. The average Bonchev–Trinajstić information content (AvgIpc) is 2.99. The highest BCUT2D eigenvalue weighted by molar-refractivity contribution is 7.13. The number of anilines is 1. The van der Waals surface area contributed by atoms with E-state index in [2.05, 4.69) is 10.3 Å². The monoisotopic (exact) mass is 360 g/mol. The first-order valence-corrected chi connectivity index (χ1v) is 8.53. The van der Waals surface area contributed by atoms with Crippen LogP contribution in [0.25, 0.3) is 10.6 Å². The van der Waals surface area contributed by atoms with E-state index in [9.17, 15) is 9.18 Å². The molecule has 0 spiro atoms. The standard InChI is InChI=1S/C18H14ClFN2OS/c1-11-2-4-12(5-3-11)18-21-14(10-24-18)9-17(23)22-16-7-6-13(19)8-15(16)20/h2-8,10H,9H2,1H3,(H,22,23). The smallest absolute Gasteiger partial charge is 0.230 e. The number of hydrogen-bond donors (Lipinski definition) is 1. The van der Waals surface area contributed by atoms with E-state index >= 15 is 0 Å². The van der Waals surface area contributed by atoms with E-state index in [4.69, 9.17) is 11.6 Å². The van der Waals surface area contributed by atoms with Crippen LogP contribution in [0.4, 0.5) is 10.1 Å². The van der Waals surface area contributed by atoms with Crippen molar-refractivity contribution in [2.75, 3.05) is 5.32 Å². The van der Waals surface area contributed by atoms with Crippen molar-refractivity contribution >= 4 is 34.5 Å². The molecule has 122 valence electrons. The second kappa shape index (κ2) is 7.11. The van der Waals surface area contributed by atoms with Crippen molar-refractivity contribution < 1.29 is 9.18 Å².